The van der Waals surface area contributed by atoms with E-state index in [0.717, 1.165) is 5.13 Å². The van der Waals surface area contributed by atoms with Gasteiger partial charge in [0, 0.05) is 24.7 Å². The molecular weight excluding hydrogens is 318 g/mol. The molecular formula is C10H13N5O2S3. The molecule has 1 aromatic carbocycles. The van der Waals surface area contributed by atoms with Gasteiger partial charge in [-0.15, -0.1) is 10.2 Å². The van der Waals surface area contributed by atoms with Crippen LogP contribution < -0.4 is 15.8 Å². The molecule has 4 N–H and O–H groups in total. The average Bonchev–Trinajstić information content (AvgIpc) is 2.79. The lowest BCUT2D eigenvalue weighted by atomic mass is 10.3. The van der Waals surface area contributed by atoms with Gasteiger partial charge in [-0.25, -0.2) is 13.6 Å². The van der Waals surface area contributed by atoms with E-state index in [1.807, 2.05) is 19.0 Å². The van der Waals surface area contributed by atoms with Crippen LogP contribution in [0.25, 0.3) is 0 Å². The zero-order valence-electron chi connectivity index (χ0n) is 10.8. The van der Waals surface area contributed by atoms with Crippen LogP contribution in [0.5, 0.6) is 0 Å². The minimum atomic E-state index is -3.75. The third-order valence-corrected chi connectivity index (χ3v) is 5.42. The van der Waals surface area contributed by atoms with E-state index in [1.54, 1.807) is 0 Å². The summed E-state index contributed by atoms with van der Waals surface area (Å²) >= 11 is 2.64. The molecule has 0 spiro atoms. The standard InChI is InChI=1S/C10H13N5O2S3/c1-15(2)9-13-14-10(19-9)18-8-5-6(20(12,16)17)3-4-7(8)11/h3-5H,11H2,1-2H3,(H2,12,16,17). The first kappa shape index (κ1) is 15.0. The van der Waals surface area contributed by atoms with Gasteiger partial charge in [0.15, 0.2) is 4.34 Å². The number of benzene rings is 1. The molecule has 2 aromatic rings. The maximum atomic E-state index is 11.3. The Bertz CT molecular complexity index is 726. The van der Waals surface area contributed by atoms with E-state index in [9.17, 15) is 8.42 Å². The summed E-state index contributed by atoms with van der Waals surface area (Å²) in [7, 11) is -0.0203. The highest BCUT2D eigenvalue weighted by Crippen LogP contribution is 2.36. The zero-order valence-corrected chi connectivity index (χ0v) is 13.2. The van der Waals surface area contributed by atoms with Gasteiger partial charge in [-0.2, -0.15) is 0 Å². The summed E-state index contributed by atoms with van der Waals surface area (Å²) in [6, 6.07) is 4.32. The first-order valence-electron chi connectivity index (χ1n) is 5.38. The van der Waals surface area contributed by atoms with E-state index in [-0.39, 0.29) is 4.90 Å². The fourth-order valence-corrected chi connectivity index (χ4v) is 3.72. The second-order valence-corrected chi connectivity index (χ2v) is 7.90. The van der Waals surface area contributed by atoms with Crippen molar-refractivity contribution in [3.05, 3.63) is 18.2 Å². The predicted octanol–water partition coefficient (Wildman–Crippen LogP) is 0.985. The van der Waals surface area contributed by atoms with Crippen LogP contribution in [0, 0.1) is 0 Å². The van der Waals surface area contributed by atoms with E-state index >= 15 is 0 Å². The van der Waals surface area contributed by atoms with Gasteiger partial charge in [-0.3, -0.25) is 0 Å². The Morgan fingerprint density at radius 3 is 2.55 bits per heavy atom. The van der Waals surface area contributed by atoms with Gasteiger partial charge in [0.2, 0.25) is 15.2 Å². The number of hydrogen-bond donors (Lipinski definition) is 2. The van der Waals surface area contributed by atoms with Crippen molar-refractivity contribution in [2.75, 3.05) is 24.7 Å². The van der Waals surface area contributed by atoms with Crippen LogP contribution in [0.1, 0.15) is 0 Å². The fourth-order valence-electron chi connectivity index (χ4n) is 1.30. The zero-order chi connectivity index (χ0) is 14.9. The molecule has 0 fully saturated rings. The van der Waals surface area contributed by atoms with Crippen LogP contribution in [0.4, 0.5) is 10.8 Å². The number of primary sulfonamides is 1. The summed E-state index contributed by atoms with van der Waals surface area (Å²) in [6.45, 7) is 0. The summed E-state index contributed by atoms with van der Waals surface area (Å²) in [5.41, 5.74) is 6.30. The van der Waals surface area contributed by atoms with Crippen molar-refractivity contribution in [1.29, 1.82) is 0 Å². The molecule has 0 radical (unpaired) electrons. The van der Waals surface area contributed by atoms with Gasteiger partial charge < -0.3 is 10.6 Å². The van der Waals surface area contributed by atoms with Gasteiger partial charge in [-0.1, -0.05) is 23.1 Å². The largest absolute Gasteiger partial charge is 0.398 e. The van der Waals surface area contributed by atoms with Crippen molar-refractivity contribution >= 4 is 43.9 Å². The van der Waals surface area contributed by atoms with E-state index in [0.29, 0.717) is 14.9 Å². The van der Waals surface area contributed by atoms with Crippen molar-refractivity contribution in [1.82, 2.24) is 10.2 Å². The lowest BCUT2D eigenvalue weighted by molar-refractivity contribution is 0.597. The van der Waals surface area contributed by atoms with Crippen LogP contribution in [-0.2, 0) is 10.0 Å². The lowest BCUT2D eigenvalue weighted by Crippen LogP contribution is -2.12. The predicted molar refractivity (Wildman–Crippen MR) is 80.6 cm³/mol. The van der Waals surface area contributed by atoms with Gasteiger partial charge >= 0.3 is 0 Å². The molecule has 0 amide bonds. The monoisotopic (exact) mass is 331 g/mol. The number of aromatic nitrogens is 2. The molecule has 20 heavy (non-hydrogen) atoms. The second kappa shape index (κ2) is 5.56. The number of hydrogen-bond acceptors (Lipinski definition) is 8. The Hall–Kier alpha value is -1.36. The van der Waals surface area contributed by atoms with E-state index in [1.165, 1.54) is 41.3 Å². The van der Waals surface area contributed by atoms with Crippen LogP contribution in [0.2, 0.25) is 0 Å². The van der Waals surface area contributed by atoms with E-state index in [4.69, 9.17) is 10.9 Å². The maximum Gasteiger partial charge on any atom is 0.238 e. The van der Waals surface area contributed by atoms with Crippen molar-refractivity contribution in [3.8, 4) is 0 Å². The lowest BCUT2D eigenvalue weighted by Gasteiger charge is -2.05. The second-order valence-electron chi connectivity index (χ2n) is 4.09. The smallest absolute Gasteiger partial charge is 0.238 e. The quantitative estimate of drug-likeness (QED) is 0.802. The SMILES string of the molecule is CN(C)c1nnc(Sc2cc(S(N)(=O)=O)ccc2N)s1. The molecule has 0 aliphatic carbocycles. The Labute approximate surface area is 125 Å². The Morgan fingerprint density at radius 1 is 1.30 bits per heavy atom. The van der Waals surface area contributed by atoms with Gasteiger partial charge in [0.25, 0.3) is 0 Å². The number of anilines is 2. The molecule has 0 unspecified atom stereocenters. The molecule has 0 saturated carbocycles. The highest BCUT2D eigenvalue weighted by Gasteiger charge is 2.13. The molecule has 0 aliphatic heterocycles. The molecule has 0 aliphatic rings. The molecule has 0 bridgehead atoms. The number of nitrogens with two attached hydrogens (primary N) is 2. The van der Waals surface area contributed by atoms with Gasteiger partial charge in [0.1, 0.15) is 0 Å². The number of nitrogen functional groups attached to an aromatic ring is 1. The summed E-state index contributed by atoms with van der Waals surface area (Å²) in [5, 5.41) is 13.9. The van der Waals surface area contributed by atoms with Crippen LogP contribution in [-0.4, -0.2) is 32.7 Å². The van der Waals surface area contributed by atoms with Crippen LogP contribution in [0.3, 0.4) is 0 Å². The number of rotatable bonds is 4. The Morgan fingerprint density at radius 2 is 2.00 bits per heavy atom. The van der Waals surface area contributed by atoms with Crippen LogP contribution >= 0.6 is 23.1 Å². The minimum absolute atomic E-state index is 0.0200. The first-order chi connectivity index (χ1) is 9.27. The molecule has 1 aromatic heterocycles. The van der Waals surface area contributed by atoms with Crippen molar-refractivity contribution in [2.45, 2.75) is 14.1 Å². The van der Waals surface area contributed by atoms with Crippen molar-refractivity contribution in [2.24, 2.45) is 5.14 Å². The van der Waals surface area contributed by atoms with Gasteiger partial charge in [-0.05, 0) is 18.2 Å². The number of sulfonamides is 1. The molecule has 1 heterocycles. The van der Waals surface area contributed by atoms with Crippen molar-refractivity contribution < 1.29 is 8.42 Å². The molecule has 0 atom stereocenters. The summed E-state index contributed by atoms with van der Waals surface area (Å²) in [6.07, 6.45) is 0. The normalized spacial score (nSPS) is 11.6. The highest BCUT2D eigenvalue weighted by molar-refractivity contribution is 8.01. The Balaban J connectivity index is 2.32. The van der Waals surface area contributed by atoms with Crippen LogP contribution in [0.15, 0.2) is 32.3 Å². The molecule has 7 nitrogen and oxygen atoms in total. The fraction of sp³-hybridized carbons (Fsp3) is 0.200. The minimum Gasteiger partial charge on any atom is -0.398 e. The molecule has 10 heteroatoms. The third kappa shape index (κ3) is 3.39. The topological polar surface area (TPSA) is 115 Å². The molecule has 2 rings (SSSR count). The summed E-state index contributed by atoms with van der Waals surface area (Å²) in [5.74, 6) is 0. The average molecular weight is 331 g/mol. The van der Waals surface area contributed by atoms with Gasteiger partial charge in [0.05, 0.1) is 4.90 Å². The third-order valence-electron chi connectivity index (χ3n) is 2.29. The summed E-state index contributed by atoms with van der Waals surface area (Å²) in [4.78, 5) is 2.44. The van der Waals surface area contributed by atoms with Crippen molar-refractivity contribution in [3.63, 3.8) is 0 Å². The summed E-state index contributed by atoms with van der Waals surface area (Å²) < 4.78 is 23.3. The van der Waals surface area contributed by atoms with E-state index in [2.05, 4.69) is 10.2 Å². The van der Waals surface area contributed by atoms with E-state index < -0.39 is 10.0 Å². The number of nitrogens with zero attached hydrogens (tertiary/aromatic N) is 3. The highest BCUT2D eigenvalue weighted by atomic mass is 32.2. The maximum absolute atomic E-state index is 11.3. The first-order valence-corrected chi connectivity index (χ1v) is 8.56. The molecule has 108 valence electrons. The molecule has 0 saturated heterocycles. The Kier molecular flexibility index (Phi) is 4.18.